The fourth-order valence-corrected chi connectivity index (χ4v) is 5.28. The molecule has 0 unspecified atom stereocenters. The van der Waals surface area contributed by atoms with Gasteiger partial charge in [-0.05, 0) is 46.6 Å². The molecule has 1 atom stereocenters. The predicted octanol–water partition coefficient (Wildman–Crippen LogP) is 4.68. The Hall–Kier alpha value is -3.72. The third-order valence-corrected chi connectivity index (χ3v) is 7.26. The van der Waals surface area contributed by atoms with E-state index in [-0.39, 0.29) is 29.0 Å². The third-order valence-electron chi connectivity index (χ3n) is 6.24. The van der Waals surface area contributed by atoms with Crippen LogP contribution in [0.15, 0.2) is 48.5 Å². The first kappa shape index (κ1) is 24.4. The van der Waals surface area contributed by atoms with E-state index in [4.69, 9.17) is 4.74 Å². The summed E-state index contributed by atoms with van der Waals surface area (Å²) in [6, 6.07) is 15.2. The minimum Gasteiger partial charge on any atom is -0.478 e. The molecule has 2 N–H and O–H groups in total. The van der Waals surface area contributed by atoms with Crippen molar-refractivity contribution in [2.45, 2.75) is 32.7 Å². The molecular formula is C26H27N3O5S. The average Bonchev–Trinajstić information content (AvgIpc) is 3.38. The fraction of sp³-hybridized carbons (Fsp3) is 0.308. The highest BCUT2D eigenvalue weighted by Gasteiger charge is 2.33. The average molecular weight is 494 g/mol. The molecule has 0 radical (unpaired) electrons. The number of alkyl carbamates (subject to hydrolysis) is 1. The number of fused-ring (bicyclic) bond motifs is 3. The summed E-state index contributed by atoms with van der Waals surface area (Å²) in [5.74, 6) is -1.95. The lowest BCUT2D eigenvalue weighted by molar-refractivity contribution is -0.121. The molecule has 1 aromatic heterocycles. The van der Waals surface area contributed by atoms with Crippen molar-refractivity contribution in [1.82, 2.24) is 9.69 Å². The molecule has 0 bridgehead atoms. The largest absolute Gasteiger partial charge is 0.478 e. The quantitative estimate of drug-likeness (QED) is 0.495. The van der Waals surface area contributed by atoms with E-state index in [0.717, 1.165) is 33.8 Å². The molecule has 0 saturated carbocycles. The lowest BCUT2D eigenvalue weighted by atomic mass is 9.98. The number of carboxylic acid groups (broad SMARTS) is 1. The number of carbonyl (C=O) groups excluding carboxylic acids is 2. The van der Waals surface area contributed by atoms with Gasteiger partial charge in [-0.1, -0.05) is 62.4 Å². The number of benzene rings is 2. The molecule has 0 aliphatic heterocycles. The number of carbonyl (C=O) groups is 3. The molecule has 182 valence electrons. The second-order valence-electron chi connectivity index (χ2n) is 8.84. The number of hydrogen-bond donors (Lipinski definition) is 2. The first-order valence-corrected chi connectivity index (χ1v) is 12.1. The van der Waals surface area contributed by atoms with Gasteiger partial charge in [0.05, 0.1) is 5.69 Å². The molecule has 1 aliphatic rings. The van der Waals surface area contributed by atoms with Gasteiger partial charge >= 0.3 is 12.1 Å². The summed E-state index contributed by atoms with van der Waals surface area (Å²) >= 11 is 0.933. The van der Waals surface area contributed by atoms with Crippen molar-refractivity contribution in [1.29, 1.82) is 0 Å². The predicted molar refractivity (Wildman–Crippen MR) is 134 cm³/mol. The van der Waals surface area contributed by atoms with Crippen molar-refractivity contribution in [3.8, 4) is 11.1 Å². The molecule has 3 aromatic rings. The number of likely N-dealkylation sites (N-methyl/N-ethyl adjacent to an activating group) is 1. The molecule has 8 nitrogen and oxygen atoms in total. The molecule has 0 spiro atoms. The van der Waals surface area contributed by atoms with Crippen molar-refractivity contribution in [3.63, 3.8) is 0 Å². The van der Waals surface area contributed by atoms with E-state index in [9.17, 15) is 19.5 Å². The zero-order valence-electron chi connectivity index (χ0n) is 19.9. The van der Waals surface area contributed by atoms with E-state index < -0.39 is 24.0 Å². The lowest BCUT2D eigenvalue weighted by Crippen LogP contribution is -2.50. The number of aryl methyl sites for hydroxylation is 1. The Morgan fingerprint density at radius 1 is 1.09 bits per heavy atom. The topological polar surface area (TPSA) is 109 Å². The van der Waals surface area contributed by atoms with Crippen LogP contribution in [0.25, 0.3) is 11.1 Å². The van der Waals surface area contributed by atoms with Crippen LogP contribution in [0.5, 0.6) is 0 Å². The summed E-state index contributed by atoms with van der Waals surface area (Å²) in [6.45, 7) is 5.31. The zero-order chi connectivity index (χ0) is 25.3. The van der Waals surface area contributed by atoms with Crippen LogP contribution in [-0.2, 0) is 9.53 Å². The SMILES string of the molecule is Cc1nsc(N(C)C(=O)[C@H](NC(=O)OCC2c3ccccc3-c3ccccc32)C(C)C)c1C(=O)O. The van der Waals surface area contributed by atoms with Crippen LogP contribution in [0.1, 0.15) is 46.9 Å². The Morgan fingerprint density at radius 2 is 1.66 bits per heavy atom. The smallest absolute Gasteiger partial charge is 0.407 e. The van der Waals surface area contributed by atoms with Crippen molar-refractivity contribution in [2.24, 2.45) is 5.92 Å². The monoisotopic (exact) mass is 493 g/mol. The Labute approximate surface area is 207 Å². The number of anilines is 1. The highest BCUT2D eigenvalue weighted by atomic mass is 32.1. The summed E-state index contributed by atoms with van der Waals surface area (Å²) in [6.07, 6.45) is -0.703. The molecule has 2 amide bonds. The van der Waals surface area contributed by atoms with Gasteiger partial charge in [0.15, 0.2) is 0 Å². The highest BCUT2D eigenvalue weighted by molar-refractivity contribution is 7.11. The van der Waals surface area contributed by atoms with Gasteiger partial charge in [-0.2, -0.15) is 4.37 Å². The van der Waals surface area contributed by atoms with E-state index in [0.29, 0.717) is 5.69 Å². The van der Waals surface area contributed by atoms with Gasteiger partial charge in [0, 0.05) is 13.0 Å². The van der Waals surface area contributed by atoms with Crippen LogP contribution in [0.2, 0.25) is 0 Å². The van der Waals surface area contributed by atoms with Gasteiger partial charge in [-0.3, -0.25) is 4.79 Å². The van der Waals surface area contributed by atoms with Crippen LogP contribution in [0, 0.1) is 12.8 Å². The van der Waals surface area contributed by atoms with Gasteiger partial charge < -0.3 is 20.1 Å². The van der Waals surface area contributed by atoms with E-state index in [1.807, 2.05) is 36.4 Å². The van der Waals surface area contributed by atoms with Gasteiger partial charge in [0.1, 0.15) is 23.2 Å². The van der Waals surface area contributed by atoms with Crippen molar-refractivity contribution >= 4 is 34.5 Å². The van der Waals surface area contributed by atoms with Crippen LogP contribution < -0.4 is 10.2 Å². The van der Waals surface area contributed by atoms with E-state index in [1.54, 1.807) is 20.8 Å². The van der Waals surface area contributed by atoms with Gasteiger partial charge in [-0.15, -0.1) is 0 Å². The Balaban J connectivity index is 1.47. The first-order chi connectivity index (χ1) is 16.7. The van der Waals surface area contributed by atoms with E-state index in [1.165, 1.54) is 11.9 Å². The number of aromatic carboxylic acids is 1. The first-order valence-electron chi connectivity index (χ1n) is 11.3. The standard InChI is InChI=1S/C26H27N3O5S/c1-14(2)22(23(30)29(4)24-21(25(31)32)15(3)28-35-24)27-26(33)34-13-20-18-11-7-5-9-16(18)17-10-6-8-12-19(17)20/h5-12,14,20,22H,13H2,1-4H3,(H,27,33)(H,31,32)/t22-/m1/s1. The molecule has 9 heteroatoms. The second kappa shape index (κ2) is 9.87. The van der Waals surface area contributed by atoms with Crippen molar-refractivity contribution < 1.29 is 24.2 Å². The number of carboxylic acids is 1. The Morgan fingerprint density at radius 3 is 2.20 bits per heavy atom. The second-order valence-corrected chi connectivity index (χ2v) is 9.59. The molecule has 1 heterocycles. The third kappa shape index (κ3) is 4.64. The van der Waals surface area contributed by atoms with Gasteiger partial charge in [0.25, 0.3) is 0 Å². The molecule has 4 rings (SSSR count). The van der Waals surface area contributed by atoms with Crippen molar-refractivity contribution in [2.75, 3.05) is 18.6 Å². The van der Waals surface area contributed by atoms with Crippen LogP contribution >= 0.6 is 11.5 Å². The summed E-state index contributed by atoms with van der Waals surface area (Å²) in [5.41, 5.74) is 4.77. The summed E-state index contributed by atoms with van der Waals surface area (Å²) in [5, 5.41) is 12.4. The summed E-state index contributed by atoms with van der Waals surface area (Å²) < 4.78 is 9.67. The normalized spacial score (nSPS) is 13.2. The number of rotatable bonds is 7. The maximum Gasteiger partial charge on any atom is 0.407 e. The number of nitrogens with zero attached hydrogens (tertiary/aromatic N) is 2. The Kier molecular flexibility index (Phi) is 6.88. The Bertz CT molecular complexity index is 1240. The van der Waals surface area contributed by atoms with Gasteiger partial charge in [-0.25, -0.2) is 9.59 Å². The minimum atomic E-state index is -1.16. The van der Waals surface area contributed by atoms with E-state index >= 15 is 0 Å². The molecule has 0 saturated heterocycles. The summed E-state index contributed by atoms with van der Waals surface area (Å²) in [4.78, 5) is 38.9. The van der Waals surface area contributed by atoms with Gasteiger partial charge in [0.2, 0.25) is 5.91 Å². The molecule has 35 heavy (non-hydrogen) atoms. The van der Waals surface area contributed by atoms with Crippen LogP contribution in [0.3, 0.4) is 0 Å². The van der Waals surface area contributed by atoms with Crippen LogP contribution in [-0.4, -0.2) is 47.1 Å². The lowest BCUT2D eigenvalue weighted by Gasteiger charge is -2.26. The number of hydrogen-bond acceptors (Lipinski definition) is 6. The number of nitrogens with one attached hydrogen (secondary N) is 1. The summed E-state index contributed by atoms with van der Waals surface area (Å²) in [7, 11) is 1.48. The number of aromatic nitrogens is 1. The zero-order valence-corrected chi connectivity index (χ0v) is 20.8. The van der Waals surface area contributed by atoms with Crippen LogP contribution in [0.4, 0.5) is 9.80 Å². The molecule has 0 fully saturated rings. The molecule has 2 aromatic carbocycles. The van der Waals surface area contributed by atoms with E-state index in [2.05, 4.69) is 21.8 Å². The molecule has 1 aliphatic carbocycles. The minimum absolute atomic E-state index is 0.0190. The maximum absolute atomic E-state index is 13.2. The van der Waals surface area contributed by atoms with Crippen molar-refractivity contribution in [3.05, 3.63) is 70.9 Å². The fourth-order valence-electron chi connectivity index (χ4n) is 4.42. The highest BCUT2D eigenvalue weighted by Crippen LogP contribution is 2.44. The maximum atomic E-state index is 13.2. The number of ether oxygens (including phenoxy) is 1. The molecular weight excluding hydrogens is 466 g/mol. The number of amides is 2.